The van der Waals surface area contributed by atoms with Crippen molar-refractivity contribution in [1.29, 1.82) is 5.26 Å². The molecule has 1 unspecified atom stereocenters. The third-order valence-corrected chi connectivity index (χ3v) is 4.13. The minimum Gasteiger partial charge on any atom is -0.478 e. The van der Waals surface area contributed by atoms with Crippen molar-refractivity contribution < 1.29 is 9.90 Å². The lowest BCUT2D eigenvalue weighted by Crippen LogP contribution is -2.25. The zero-order valence-corrected chi connectivity index (χ0v) is 11.8. The standard InChI is InChI=1S/C16H20N2O2/c1-2-12-4-3-8-18(9-7-12)15-6-5-13(16(19)20)10-14(15)11-17/h5-6,10,12H,2-4,7-9H2,1H3,(H,19,20). The van der Waals surface area contributed by atoms with E-state index < -0.39 is 5.97 Å². The summed E-state index contributed by atoms with van der Waals surface area (Å²) < 4.78 is 0. The molecule has 20 heavy (non-hydrogen) atoms. The van der Waals surface area contributed by atoms with Crippen LogP contribution in [0.25, 0.3) is 0 Å². The molecule has 4 heteroatoms. The molecule has 0 saturated carbocycles. The van der Waals surface area contributed by atoms with E-state index in [-0.39, 0.29) is 5.56 Å². The molecule has 0 spiro atoms. The van der Waals surface area contributed by atoms with Crippen molar-refractivity contribution >= 4 is 11.7 Å². The minimum absolute atomic E-state index is 0.173. The first-order chi connectivity index (χ1) is 9.65. The lowest BCUT2D eigenvalue weighted by molar-refractivity contribution is 0.0697. The summed E-state index contributed by atoms with van der Waals surface area (Å²) in [6, 6.07) is 6.96. The number of carboxylic acid groups (broad SMARTS) is 1. The van der Waals surface area contributed by atoms with E-state index in [1.807, 2.05) is 0 Å². The monoisotopic (exact) mass is 272 g/mol. The molecule has 4 nitrogen and oxygen atoms in total. The molecule has 106 valence electrons. The van der Waals surface area contributed by atoms with Crippen molar-refractivity contribution in [3.63, 3.8) is 0 Å². The van der Waals surface area contributed by atoms with Crippen LogP contribution in [0, 0.1) is 17.2 Å². The molecule has 1 heterocycles. The second kappa shape index (κ2) is 6.42. The molecule has 1 N–H and O–H groups in total. The van der Waals surface area contributed by atoms with E-state index in [2.05, 4.69) is 17.9 Å². The van der Waals surface area contributed by atoms with Gasteiger partial charge in [-0.2, -0.15) is 5.26 Å². The molecule has 0 amide bonds. The Morgan fingerprint density at radius 3 is 2.90 bits per heavy atom. The van der Waals surface area contributed by atoms with Crippen molar-refractivity contribution in [3.05, 3.63) is 29.3 Å². The molecule has 1 aromatic carbocycles. The number of hydrogen-bond acceptors (Lipinski definition) is 3. The van der Waals surface area contributed by atoms with Gasteiger partial charge in [-0.3, -0.25) is 0 Å². The number of nitriles is 1. The van der Waals surface area contributed by atoms with Crippen LogP contribution in [0.15, 0.2) is 18.2 Å². The smallest absolute Gasteiger partial charge is 0.335 e. The van der Waals surface area contributed by atoms with Crippen LogP contribution >= 0.6 is 0 Å². The van der Waals surface area contributed by atoms with E-state index >= 15 is 0 Å². The van der Waals surface area contributed by atoms with E-state index in [1.165, 1.54) is 18.9 Å². The van der Waals surface area contributed by atoms with Gasteiger partial charge >= 0.3 is 5.97 Å². The number of aromatic carboxylic acids is 1. The Hall–Kier alpha value is -2.02. The van der Waals surface area contributed by atoms with Gasteiger partial charge in [0.1, 0.15) is 6.07 Å². The Morgan fingerprint density at radius 2 is 2.25 bits per heavy atom. The topological polar surface area (TPSA) is 64.3 Å². The molecule has 0 aromatic heterocycles. The van der Waals surface area contributed by atoms with Gasteiger partial charge in [0.25, 0.3) is 0 Å². The van der Waals surface area contributed by atoms with Crippen LogP contribution in [-0.2, 0) is 0 Å². The molecule has 1 aliphatic rings. The highest BCUT2D eigenvalue weighted by molar-refractivity contribution is 5.89. The second-order valence-corrected chi connectivity index (χ2v) is 5.34. The molecular formula is C16H20N2O2. The third-order valence-electron chi connectivity index (χ3n) is 4.13. The maximum atomic E-state index is 11.0. The summed E-state index contributed by atoms with van der Waals surface area (Å²) in [7, 11) is 0. The zero-order valence-electron chi connectivity index (χ0n) is 11.8. The van der Waals surface area contributed by atoms with Gasteiger partial charge in [0.15, 0.2) is 0 Å². The SMILES string of the molecule is CCC1CCCN(c2ccc(C(=O)O)cc2C#N)CC1. The predicted octanol–water partition coefficient (Wildman–Crippen LogP) is 3.27. The lowest BCUT2D eigenvalue weighted by atomic mass is 9.98. The predicted molar refractivity (Wildman–Crippen MR) is 78.0 cm³/mol. The Labute approximate surface area is 119 Å². The first kappa shape index (κ1) is 14.4. The van der Waals surface area contributed by atoms with Crippen LogP contribution in [0.4, 0.5) is 5.69 Å². The highest BCUT2D eigenvalue weighted by Crippen LogP contribution is 2.27. The number of nitrogens with zero attached hydrogens (tertiary/aromatic N) is 2. The van der Waals surface area contributed by atoms with Crippen LogP contribution in [-0.4, -0.2) is 24.2 Å². The fraction of sp³-hybridized carbons (Fsp3) is 0.500. The normalized spacial score (nSPS) is 19.2. The van der Waals surface area contributed by atoms with Gasteiger partial charge in [-0.1, -0.05) is 13.3 Å². The molecule has 0 radical (unpaired) electrons. The fourth-order valence-corrected chi connectivity index (χ4v) is 2.85. The molecule has 1 aromatic rings. The van der Waals surface area contributed by atoms with Gasteiger partial charge in [-0.15, -0.1) is 0 Å². The molecular weight excluding hydrogens is 252 g/mol. The average Bonchev–Trinajstić information content (AvgIpc) is 2.71. The van der Waals surface area contributed by atoms with Crippen LogP contribution in [0.3, 0.4) is 0 Å². The lowest BCUT2D eigenvalue weighted by Gasteiger charge is -2.24. The van der Waals surface area contributed by atoms with Crippen LogP contribution in [0.5, 0.6) is 0 Å². The fourth-order valence-electron chi connectivity index (χ4n) is 2.85. The molecule has 1 fully saturated rings. The summed E-state index contributed by atoms with van der Waals surface area (Å²) in [5.74, 6) is -0.223. The molecule has 1 atom stereocenters. The number of anilines is 1. The van der Waals surface area contributed by atoms with Crippen molar-refractivity contribution in [2.24, 2.45) is 5.92 Å². The number of carboxylic acids is 1. The molecule has 1 saturated heterocycles. The quantitative estimate of drug-likeness (QED) is 0.917. The van der Waals surface area contributed by atoms with Gasteiger partial charge in [0.2, 0.25) is 0 Å². The van der Waals surface area contributed by atoms with Crippen molar-refractivity contribution in [2.45, 2.75) is 32.6 Å². The van der Waals surface area contributed by atoms with Gasteiger partial charge in [0.05, 0.1) is 16.8 Å². The number of benzene rings is 1. The molecule has 1 aliphatic heterocycles. The Kier molecular flexibility index (Phi) is 4.62. The van der Waals surface area contributed by atoms with Crippen LogP contribution in [0.1, 0.15) is 48.5 Å². The first-order valence-electron chi connectivity index (χ1n) is 7.18. The zero-order chi connectivity index (χ0) is 14.5. The van der Waals surface area contributed by atoms with Gasteiger partial charge in [-0.05, 0) is 43.4 Å². The summed E-state index contributed by atoms with van der Waals surface area (Å²) in [5.41, 5.74) is 1.50. The molecule has 0 aliphatic carbocycles. The first-order valence-corrected chi connectivity index (χ1v) is 7.18. The highest BCUT2D eigenvalue weighted by atomic mass is 16.4. The summed E-state index contributed by atoms with van der Waals surface area (Å²) in [4.78, 5) is 13.2. The second-order valence-electron chi connectivity index (χ2n) is 5.34. The van der Waals surface area contributed by atoms with Gasteiger partial charge in [0, 0.05) is 13.1 Å². The number of carbonyl (C=O) groups is 1. The minimum atomic E-state index is -0.991. The van der Waals surface area contributed by atoms with E-state index in [0.29, 0.717) is 5.56 Å². The Morgan fingerprint density at radius 1 is 1.45 bits per heavy atom. The summed E-state index contributed by atoms with van der Waals surface area (Å²) >= 11 is 0. The molecule has 0 bridgehead atoms. The van der Waals surface area contributed by atoms with Gasteiger partial charge in [-0.25, -0.2) is 4.79 Å². The third kappa shape index (κ3) is 3.11. The van der Waals surface area contributed by atoms with Crippen LogP contribution < -0.4 is 4.90 Å². The summed E-state index contributed by atoms with van der Waals surface area (Å²) in [6.45, 7) is 4.11. The van der Waals surface area contributed by atoms with Crippen molar-refractivity contribution in [1.82, 2.24) is 0 Å². The van der Waals surface area contributed by atoms with E-state index in [4.69, 9.17) is 5.11 Å². The van der Waals surface area contributed by atoms with Crippen LogP contribution in [0.2, 0.25) is 0 Å². The Balaban J connectivity index is 2.24. The maximum Gasteiger partial charge on any atom is 0.335 e. The van der Waals surface area contributed by atoms with Gasteiger partial charge < -0.3 is 10.0 Å². The number of hydrogen-bond donors (Lipinski definition) is 1. The summed E-state index contributed by atoms with van der Waals surface area (Å²) in [5, 5.41) is 18.2. The van der Waals surface area contributed by atoms with Crippen molar-refractivity contribution in [3.8, 4) is 6.07 Å². The van der Waals surface area contributed by atoms with E-state index in [0.717, 1.165) is 37.5 Å². The Bertz CT molecular complexity index is 534. The number of rotatable bonds is 3. The average molecular weight is 272 g/mol. The maximum absolute atomic E-state index is 11.0. The highest BCUT2D eigenvalue weighted by Gasteiger charge is 2.19. The van der Waals surface area contributed by atoms with E-state index in [9.17, 15) is 10.1 Å². The molecule has 2 rings (SSSR count). The largest absolute Gasteiger partial charge is 0.478 e. The van der Waals surface area contributed by atoms with E-state index in [1.54, 1.807) is 12.1 Å². The van der Waals surface area contributed by atoms with Crippen molar-refractivity contribution in [2.75, 3.05) is 18.0 Å². The summed E-state index contributed by atoms with van der Waals surface area (Å²) in [6.07, 6.45) is 4.71.